The number of benzene rings is 1. The molecule has 0 atom stereocenters. The third-order valence-corrected chi connectivity index (χ3v) is 6.53. The molecule has 0 aliphatic heterocycles. The number of amides is 1. The maximum absolute atomic E-state index is 13.5. The molecule has 7 nitrogen and oxygen atoms in total. The van der Waals surface area contributed by atoms with Gasteiger partial charge in [-0.25, -0.2) is 4.98 Å². The molecule has 0 aliphatic carbocycles. The monoisotopic (exact) mass is 442 g/mol. The van der Waals surface area contributed by atoms with E-state index in [-0.39, 0.29) is 5.91 Å². The molecule has 0 radical (unpaired) electrons. The molecule has 0 N–H and O–H groups in total. The molecule has 0 bridgehead atoms. The second-order valence-corrected chi connectivity index (χ2v) is 8.83. The maximum atomic E-state index is 13.5. The molecule has 0 saturated heterocycles. The summed E-state index contributed by atoms with van der Waals surface area (Å²) < 4.78 is 4.53. The first-order valence-corrected chi connectivity index (χ1v) is 10.8. The summed E-state index contributed by atoms with van der Waals surface area (Å²) in [6.07, 6.45) is 0. The quantitative estimate of drug-likeness (QED) is 0.457. The molecule has 4 aromatic rings. The van der Waals surface area contributed by atoms with Gasteiger partial charge in [0.05, 0.1) is 28.1 Å². The molecule has 0 fully saturated rings. The second-order valence-electron chi connectivity index (χ2n) is 7.42. The Morgan fingerprint density at radius 1 is 1.13 bits per heavy atom. The number of halogens is 1. The molecular formula is C21H23ClN6OS. The van der Waals surface area contributed by atoms with Crippen LogP contribution in [0, 0.1) is 27.7 Å². The smallest absolute Gasteiger partial charge is 0.278 e. The van der Waals surface area contributed by atoms with Crippen LogP contribution >= 0.6 is 22.9 Å². The van der Waals surface area contributed by atoms with Crippen molar-refractivity contribution in [2.24, 2.45) is 7.05 Å². The number of hydrogen-bond acceptors (Lipinski definition) is 5. The highest BCUT2D eigenvalue weighted by atomic mass is 35.5. The van der Waals surface area contributed by atoms with Gasteiger partial charge in [0.15, 0.2) is 5.13 Å². The lowest BCUT2D eigenvalue weighted by atomic mass is 10.2. The van der Waals surface area contributed by atoms with Crippen molar-refractivity contribution in [3.63, 3.8) is 0 Å². The maximum Gasteiger partial charge on any atom is 0.278 e. The van der Waals surface area contributed by atoms with E-state index >= 15 is 0 Å². The minimum atomic E-state index is -0.137. The molecule has 9 heteroatoms. The van der Waals surface area contributed by atoms with Gasteiger partial charge in [0.25, 0.3) is 5.91 Å². The van der Waals surface area contributed by atoms with E-state index in [0.29, 0.717) is 28.9 Å². The summed E-state index contributed by atoms with van der Waals surface area (Å²) in [5, 5.41) is 10.2. The van der Waals surface area contributed by atoms with Crippen LogP contribution < -0.4 is 4.90 Å². The number of anilines is 1. The number of nitrogens with zero attached hydrogens (tertiary/aromatic N) is 6. The van der Waals surface area contributed by atoms with Crippen molar-refractivity contribution < 1.29 is 4.79 Å². The molecule has 0 spiro atoms. The largest absolute Gasteiger partial charge is 0.281 e. The van der Waals surface area contributed by atoms with Crippen LogP contribution in [0.5, 0.6) is 0 Å². The Morgan fingerprint density at radius 2 is 1.87 bits per heavy atom. The van der Waals surface area contributed by atoms with Gasteiger partial charge in [-0.3, -0.25) is 19.1 Å². The van der Waals surface area contributed by atoms with Gasteiger partial charge in [-0.05, 0) is 57.5 Å². The summed E-state index contributed by atoms with van der Waals surface area (Å²) in [7, 11) is 1.78. The topological polar surface area (TPSA) is 68.8 Å². The number of aryl methyl sites for hydroxylation is 5. The fraction of sp³-hybridized carbons (Fsp3) is 0.333. The first-order chi connectivity index (χ1) is 14.2. The molecule has 3 aromatic heterocycles. The van der Waals surface area contributed by atoms with Crippen LogP contribution in [0.1, 0.15) is 33.1 Å². The van der Waals surface area contributed by atoms with Gasteiger partial charge >= 0.3 is 0 Å². The van der Waals surface area contributed by atoms with Crippen LogP contribution in [0.25, 0.3) is 10.2 Å². The summed E-state index contributed by atoms with van der Waals surface area (Å²) >= 11 is 7.76. The van der Waals surface area contributed by atoms with Gasteiger partial charge < -0.3 is 0 Å². The van der Waals surface area contributed by atoms with E-state index in [2.05, 4.69) is 10.2 Å². The zero-order chi connectivity index (χ0) is 21.6. The van der Waals surface area contributed by atoms with Crippen LogP contribution in [0.15, 0.2) is 24.3 Å². The standard InChI is InChI=1S/C21H23ClN6OS/c1-12-10-14(3)28(25-12)9-8-27(20(29)17-11-13(2)24-26(17)5)21-23-19-15(4)16(22)6-7-18(19)30-21/h6-7,10-11H,8-9H2,1-5H3. The Kier molecular flexibility index (Phi) is 5.38. The fourth-order valence-electron chi connectivity index (χ4n) is 3.53. The Hall–Kier alpha value is -2.71. The van der Waals surface area contributed by atoms with E-state index in [9.17, 15) is 4.79 Å². The summed E-state index contributed by atoms with van der Waals surface area (Å²) in [5.41, 5.74) is 5.08. The summed E-state index contributed by atoms with van der Waals surface area (Å²) in [6.45, 7) is 8.81. The van der Waals surface area contributed by atoms with Crippen LogP contribution in [0.4, 0.5) is 5.13 Å². The Morgan fingerprint density at radius 3 is 2.50 bits per heavy atom. The van der Waals surface area contributed by atoms with Crippen LogP contribution in [-0.2, 0) is 13.6 Å². The SMILES string of the molecule is Cc1cc(C(=O)N(CCn2nc(C)cc2C)c2nc3c(C)c(Cl)ccc3s2)n(C)n1. The lowest BCUT2D eigenvalue weighted by Gasteiger charge is -2.20. The van der Waals surface area contributed by atoms with E-state index in [0.717, 1.165) is 32.9 Å². The minimum Gasteiger partial charge on any atom is -0.281 e. The van der Waals surface area contributed by atoms with Crippen molar-refractivity contribution >= 4 is 44.2 Å². The lowest BCUT2D eigenvalue weighted by Crippen LogP contribution is -2.35. The van der Waals surface area contributed by atoms with Crippen LogP contribution in [0.3, 0.4) is 0 Å². The number of thiazole rings is 1. The molecule has 30 heavy (non-hydrogen) atoms. The van der Waals surface area contributed by atoms with E-state index in [4.69, 9.17) is 16.6 Å². The average Bonchev–Trinajstić information content (AvgIpc) is 3.35. The third kappa shape index (κ3) is 3.73. The van der Waals surface area contributed by atoms with Crippen molar-refractivity contribution in [2.45, 2.75) is 34.2 Å². The van der Waals surface area contributed by atoms with E-state index in [1.54, 1.807) is 22.7 Å². The van der Waals surface area contributed by atoms with Gasteiger partial charge in [0.1, 0.15) is 5.69 Å². The third-order valence-electron chi connectivity index (χ3n) is 5.07. The lowest BCUT2D eigenvalue weighted by molar-refractivity contribution is 0.0976. The second kappa shape index (κ2) is 7.85. The molecular weight excluding hydrogens is 420 g/mol. The predicted octanol–water partition coefficient (Wildman–Crippen LogP) is 4.46. The number of carbonyl (C=O) groups excluding carboxylic acids is 1. The van der Waals surface area contributed by atoms with E-state index < -0.39 is 0 Å². The van der Waals surface area contributed by atoms with Crippen LogP contribution in [-0.4, -0.2) is 37.0 Å². The van der Waals surface area contributed by atoms with Gasteiger partial charge in [-0.1, -0.05) is 22.9 Å². The number of fused-ring (bicyclic) bond motifs is 1. The zero-order valence-electron chi connectivity index (χ0n) is 17.6. The van der Waals surface area contributed by atoms with Crippen molar-refractivity contribution in [1.82, 2.24) is 24.5 Å². The summed E-state index contributed by atoms with van der Waals surface area (Å²) in [6, 6.07) is 7.64. The Balaban J connectivity index is 1.74. The average molecular weight is 443 g/mol. The Labute approximate surface area is 183 Å². The molecule has 0 unspecified atom stereocenters. The van der Waals surface area contributed by atoms with Gasteiger partial charge in [-0.2, -0.15) is 10.2 Å². The Bertz CT molecular complexity index is 1250. The van der Waals surface area contributed by atoms with Gasteiger partial charge in [-0.15, -0.1) is 0 Å². The van der Waals surface area contributed by atoms with E-state index in [1.807, 2.05) is 50.6 Å². The van der Waals surface area contributed by atoms with Crippen molar-refractivity contribution in [3.8, 4) is 0 Å². The fourth-order valence-corrected chi connectivity index (χ4v) is 4.74. The molecule has 1 aromatic carbocycles. The number of rotatable bonds is 5. The normalized spacial score (nSPS) is 11.4. The van der Waals surface area contributed by atoms with Gasteiger partial charge in [0.2, 0.25) is 0 Å². The van der Waals surface area contributed by atoms with Crippen molar-refractivity contribution in [2.75, 3.05) is 11.4 Å². The summed E-state index contributed by atoms with van der Waals surface area (Å²) in [4.78, 5) is 20.0. The molecule has 1 amide bonds. The zero-order valence-corrected chi connectivity index (χ0v) is 19.2. The minimum absolute atomic E-state index is 0.137. The first-order valence-electron chi connectivity index (χ1n) is 9.64. The highest BCUT2D eigenvalue weighted by molar-refractivity contribution is 7.22. The highest BCUT2D eigenvalue weighted by Gasteiger charge is 2.25. The highest BCUT2D eigenvalue weighted by Crippen LogP contribution is 2.34. The first kappa shape index (κ1) is 20.6. The van der Waals surface area contributed by atoms with Crippen molar-refractivity contribution in [3.05, 3.63) is 57.6 Å². The molecule has 156 valence electrons. The van der Waals surface area contributed by atoms with Crippen LogP contribution in [0.2, 0.25) is 5.02 Å². The van der Waals surface area contributed by atoms with Gasteiger partial charge in [0, 0.05) is 24.3 Å². The molecule has 4 rings (SSSR count). The van der Waals surface area contributed by atoms with Crippen molar-refractivity contribution in [1.29, 1.82) is 0 Å². The molecule has 0 saturated carbocycles. The number of carbonyl (C=O) groups is 1. The molecule has 0 aliphatic rings. The summed E-state index contributed by atoms with van der Waals surface area (Å²) in [5.74, 6) is -0.137. The molecule has 3 heterocycles. The number of aromatic nitrogens is 5. The number of hydrogen-bond donors (Lipinski definition) is 0. The van der Waals surface area contributed by atoms with E-state index in [1.165, 1.54) is 11.3 Å². The predicted molar refractivity (Wildman–Crippen MR) is 121 cm³/mol.